The minimum atomic E-state index is -3.63. The Morgan fingerprint density at radius 1 is 1.19 bits per heavy atom. The van der Waals surface area contributed by atoms with Gasteiger partial charge in [0.1, 0.15) is 17.7 Å². The molecule has 2 aliphatic rings. The lowest BCUT2D eigenvalue weighted by atomic mass is 9.99. The maximum absolute atomic E-state index is 14.7. The molecule has 1 aliphatic heterocycles. The standard InChI is InChI=1S/C25H28ClF2N3O4S/c1-4-36(34,35)22-10-16(7-8-29-22)25(33)31-14(3)13(2)9-21(31)24(32)30-23(15-5-6-15)17-11-20(28)18(26)12-19(17)27/h7-8,10-15,21,23H,4-6,9H2,1-3H3,(H,30,32)/t13-,14-,21-,23?/m1/s1. The van der Waals surface area contributed by atoms with E-state index in [-0.39, 0.29) is 44.8 Å². The second kappa shape index (κ2) is 10.0. The van der Waals surface area contributed by atoms with Crippen molar-refractivity contribution in [2.45, 2.75) is 63.2 Å². The monoisotopic (exact) mass is 539 g/mol. The Bertz CT molecular complexity index is 1300. The van der Waals surface area contributed by atoms with Crippen LogP contribution in [-0.2, 0) is 14.6 Å². The summed E-state index contributed by atoms with van der Waals surface area (Å²) in [6.45, 7) is 5.24. The highest BCUT2D eigenvalue weighted by Gasteiger charge is 2.45. The molecule has 0 radical (unpaired) electrons. The molecule has 1 aliphatic carbocycles. The normalized spacial score (nSPS) is 22.9. The average Bonchev–Trinajstić information content (AvgIpc) is 3.65. The van der Waals surface area contributed by atoms with Crippen molar-refractivity contribution in [3.05, 3.63) is 58.2 Å². The summed E-state index contributed by atoms with van der Waals surface area (Å²) in [5.74, 6) is -2.68. The van der Waals surface area contributed by atoms with Crippen LogP contribution in [0.5, 0.6) is 0 Å². The zero-order chi connectivity index (χ0) is 26.4. The number of hydrogen-bond acceptors (Lipinski definition) is 5. The molecule has 4 atom stereocenters. The van der Waals surface area contributed by atoms with E-state index in [4.69, 9.17) is 11.6 Å². The van der Waals surface area contributed by atoms with Crippen LogP contribution in [0.4, 0.5) is 8.78 Å². The molecule has 0 bridgehead atoms. The highest BCUT2D eigenvalue weighted by molar-refractivity contribution is 7.91. The fourth-order valence-electron chi connectivity index (χ4n) is 4.69. The third-order valence-electron chi connectivity index (χ3n) is 7.18. The van der Waals surface area contributed by atoms with Gasteiger partial charge in [0, 0.05) is 23.4 Å². The minimum absolute atomic E-state index is 0.0190. The molecular weight excluding hydrogens is 512 g/mol. The first-order valence-electron chi connectivity index (χ1n) is 11.9. The molecule has 2 amide bonds. The molecular formula is C25H28ClF2N3O4S. The Morgan fingerprint density at radius 2 is 1.89 bits per heavy atom. The number of rotatable bonds is 7. The van der Waals surface area contributed by atoms with Crippen LogP contribution >= 0.6 is 11.6 Å². The molecule has 1 N–H and O–H groups in total. The van der Waals surface area contributed by atoms with Gasteiger partial charge in [-0.1, -0.05) is 25.4 Å². The van der Waals surface area contributed by atoms with E-state index in [1.807, 2.05) is 13.8 Å². The van der Waals surface area contributed by atoms with E-state index in [0.717, 1.165) is 25.0 Å². The fraction of sp³-hybridized carbons (Fsp3) is 0.480. The maximum Gasteiger partial charge on any atom is 0.254 e. The van der Waals surface area contributed by atoms with E-state index in [1.165, 1.54) is 30.2 Å². The summed E-state index contributed by atoms with van der Waals surface area (Å²) < 4.78 is 53.4. The summed E-state index contributed by atoms with van der Waals surface area (Å²) in [5.41, 5.74) is 0.133. The van der Waals surface area contributed by atoms with E-state index >= 15 is 0 Å². The van der Waals surface area contributed by atoms with E-state index in [0.29, 0.717) is 6.42 Å². The zero-order valence-electron chi connectivity index (χ0n) is 20.2. The van der Waals surface area contributed by atoms with Crippen molar-refractivity contribution in [1.29, 1.82) is 0 Å². The molecule has 1 saturated heterocycles. The van der Waals surface area contributed by atoms with Crippen molar-refractivity contribution < 1.29 is 26.8 Å². The first-order valence-corrected chi connectivity index (χ1v) is 13.9. The number of likely N-dealkylation sites (tertiary alicyclic amines) is 1. The summed E-state index contributed by atoms with van der Waals surface area (Å²) in [7, 11) is -3.63. The van der Waals surface area contributed by atoms with E-state index in [2.05, 4.69) is 10.3 Å². The SMILES string of the molecule is CCS(=O)(=O)c1cc(C(=O)N2[C@@H](C(=O)NC(c3cc(F)c(Cl)cc3F)C3CC3)C[C@@H](C)[C@H]2C)ccn1. The number of pyridine rings is 1. The van der Waals surface area contributed by atoms with Gasteiger partial charge in [0.05, 0.1) is 16.8 Å². The largest absolute Gasteiger partial charge is 0.347 e. The number of carbonyl (C=O) groups is 2. The molecule has 194 valence electrons. The van der Waals surface area contributed by atoms with Crippen LogP contribution in [0.25, 0.3) is 0 Å². The molecule has 2 fully saturated rings. The van der Waals surface area contributed by atoms with Gasteiger partial charge in [0.2, 0.25) is 5.91 Å². The van der Waals surface area contributed by atoms with Gasteiger partial charge in [-0.3, -0.25) is 9.59 Å². The number of aromatic nitrogens is 1. The van der Waals surface area contributed by atoms with E-state index in [9.17, 15) is 26.8 Å². The number of hydrogen-bond donors (Lipinski definition) is 1. The van der Waals surface area contributed by atoms with Crippen LogP contribution in [0.15, 0.2) is 35.5 Å². The van der Waals surface area contributed by atoms with Gasteiger partial charge in [0.15, 0.2) is 14.9 Å². The van der Waals surface area contributed by atoms with Crippen LogP contribution in [0.3, 0.4) is 0 Å². The summed E-state index contributed by atoms with van der Waals surface area (Å²) >= 11 is 5.70. The maximum atomic E-state index is 14.7. The molecule has 1 aromatic heterocycles. The predicted octanol–water partition coefficient (Wildman–Crippen LogP) is 4.31. The summed E-state index contributed by atoms with van der Waals surface area (Å²) in [4.78, 5) is 32.3. The number of halogens is 3. The van der Waals surface area contributed by atoms with Gasteiger partial charge in [-0.2, -0.15) is 0 Å². The average molecular weight is 540 g/mol. The molecule has 1 saturated carbocycles. The van der Waals surface area contributed by atoms with Crippen LogP contribution in [0.2, 0.25) is 5.02 Å². The third kappa shape index (κ3) is 5.11. The Kier molecular flexibility index (Phi) is 7.39. The van der Waals surface area contributed by atoms with Crippen molar-refractivity contribution in [2.75, 3.05) is 5.75 Å². The number of nitrogens with one attached hydrogen (secondary N) is 1. The van der Waals surface area contributed by atoms with Crippen molar-refractivity contribution in [2.24, 2.45) is 11.8 Å². The number of nitrogens with zero attached hydrogens (tertiary/aromatic N) is 2. The van der Waals surface area contributed by atoms with Gasteiger partial charge in [-0.25, -0.2) is 22.2 Å². The van der Waals surface area contributed by atoms with Crippen molar-refractivity contribution >= 4 is 33.3 Å². The Labute approximate surface area is 214 Å². The van der Waals surface area contributed by atoms with Crippen LogP contribution in [0.1, 0.15) is 62.0 Å². The molecule has 11 heteroatoms. The van der Waals surface area contributed by atoms with Crippen LogP contribution in [-0.4, -0.2) is 48.0 Å². The summed E-state index contributed by atoms with van der Waals surface area (Å²) in [6, 6.07) is 2.63. The van der Waals surface area contributed by atoms with Gasteiger partial charge >= 0.3 is 0 Å². The molecule has 4 rings (SSSR count). The van der Waals surface area contributed by atoms with Gasteiger partial charge in [0.25, 0.3) is 5.91 Å². The molecule has 2 heterocycles. The number of sulfone groups is 1. The minimum Gasteiger partial charge on any atom is -0.347 e. The lowest BCUT2D eigenvalue weighted by Gasteiger charge is -2.30. The van der Waals surface area contributed by atoms with Crippen LogP contribution < -0.4 is 5.32 Å². The molecule has 36 heavy (non-hydrogen) atoms. The first kappa shape index (κ1) is 26.5. The summed E-state index contributed by atoms with van der Waals surface area (Å²) in [5, 5.41) is 2.31. The molecule has 0 spiro atoms. The smallest absolute Gasteiger partial charge is 0.254 e. The topological polar surface area (TPSA) is 96.4 Å². The molecule has 7 nitrogen and oxygen atoms in total. The Balaban J connectivity index is 1.62. The lowest BCUT2D eigenvalue weighted by Crippen LogP contribution is -2.49. The van der Waals surface area contributed by atoms with E-state index in [1.54, 1.807) is 0 Å². The molecule has 1 unspecified atom stereocenters. The van der Waals surface area contributed by atoms with Gasteiger partial charge in [-0.05, 0) is 62.3 Å². The lowest BCUT2D eigenvalue weighted by molar-refractivity contribution is -0.126. The Hall–Kier alpha value is -2.59. The fourth-order valence-corrected chi connectivity index (χ4v) is 5.67. The highest BCUT2D eigenvalue weighted by atomic mass is 35.5. The predicted molar refractivity (Wildman–Crippen MR) is 130 cm³/mol. The van der Waals surface area contributed by atoms with Crippen molar-refractivity contribution in [3.8, 4) is 0 Å². The number of amides is 2. The second-order valence-corrected chi connectivity index (χ2v) is 12.2. The van der Waals surface area contributed by atoms with Gasteiger partial charge < -0.3 is 10.2 Å². The van der Waals surface area contributed by atoms with Crippen LogP contribution in [0, 0.1) is 23.5 Å². The summed E-state index contributed by atoms with van der Waals surface area (Å²) in [6.07, 6.45) is 3.13. The Morgan fingerprint density at radius 3 is 2.53 bits per heavy atom. The quantitative estimate of drug-likeness (QED) is 0.529. The molecule has 2 aromatic rings. The van der Waals surface area contributed by atoms with Gasteiger partial charge in [-0.15, -0.1) is 0 Å². The third-order valence-corrected chi connectivity index (χ3v) is 9.09. The first-order chi connectivity index (χ1) is 16.9. The molecule has 1 aromatic carbocycles. The van der Waals surface area contributed by atoms with Crippen molar-refractivity contribution in [1.82, 2.24) is 15.2 Å². The zero-order valence-corrected chi connectivity index (χ0v) is 21.7. The van der Waals surface area contributed by atoms with E-state index < -0.39 is 45.4 Å². The number of benzene rings is 1. The number of carbonyl (C=O) groups excluding carboxylic acids is 2. The highest BCUT2D eigenvalue weighted by Crippen LogP contribution is 2.43. The van der Waals surface area contributed by atoms with Crippen molar-refractivity contribution in [3.63, 3.8) is 0 Å². The second-order valence-electron chi connectivity index (χ2n) is 9.58.